The zero-order chi connectivity index (χ0) is 12.2. The summed E-state index contributed by atoms with van der Waals surface area (Å²) in [5, 5.41) is 2.84. The second-order valence-electron chi connectivity index (χ2n) is 4.41. The van der Waals surface area contributed by atoms with Gasteiger partial charge in [-0.15, -0.1) is 0 Å². The monoisotopic (exact) mass is 235 g/mol. The van der Waals surface area contributed by atoms with E-state index < -0.39 is 12.5 Å². The molecule has 3 heteroatoms. The fraction of sp³-hybridized carbons (Fsp3) is 1.00. The van der Waals surface area contributed by atoms with Crippen LogP contribution in [0.25, 0.3) is 0 Å². The van der Waals surface area contributed by atoms with Crippen LogP contribution in [0.1, 0.15) is 65.2 Å². The molecule has 0 radical (unpaired) electrons. The van der Waals surface area contributed by atoms with Gasteiger partial charge in [0, 0.05) is 0 Å². The van der Waals surface area contributed by atoms with Crippen molar-refractivity contribution in [3.05, 3.63) is 0 Å². The van der Waals surface area contributed by atoms with Crippen LogP contribution in [-0.2, 0) is 0 Å². The first-order valence-electron chi connectivity index (χ1n) is 6.73. The lowest BCUT2D eigenvalue weighted by Crippen LogP contribution is -2.35. The summed E-state index contributed by atoms with van der Waals surface area (Å²) in [6.07, 6.45) is 6.72. The first-order chi connectivity index (χ1) is 7.72. The molecule has 0 aromatic heterocycles. The minimum atomic E-state index is -2.22. The largest absolute Gasteiger partial charge is 0.309 e. The lowest BCUT2D eigenvalue weighted by Gasteiger charge is -2.16. The highest BCUT2D eigenvalue weighted by Crippen LogP contribution is 2.13. The van der Waals surface area contributed by atoms with Crippen LogP contribution in [0.2, 0.25) is 0 Å². The van der Waals surface area contributed by atoms with Gasteiger partial charge in [-0.05, 0) is 13.0 Å². The average molecular weight is 235 g/mol. The molecule has 0 bridgehead atoms. The van der Waals surface area contributed by atoms with Crippen molar-refractivity contribution in [2.45, 2.75) is 77.7 Å². The first kappa shape index (κ1) is 15.8. The second-order valence-corrected chi connectivity index (χ2v) is 4.41. The standard InChI is InChI=1S/C13H27F2N/c1-3-5-6-7-8-9-10-11-12(13(14)15)16-4-2/h12-13,16H,3-11H2,1-2H3. The van der Waals surface area contributed by atoms with Crippen molar-refractivity contribution in [2.24, 2.45) is 0 Å². The Bertz CT molecular complexity index is 140. The molecule has 0 rings (SSSR count). The molecule has 16 heavy (non-hydrogen) atoms. The summed E-state index contributed by atoms with van der Waals surface area (Å²) in [5.41, 5.74) is 0. The molecule has 0 heterocycles. The predicted molar refractivity (Wildman–Crippen MR) is 66.1 cm³/mol. The van der Waals surface area contributed by atoms with Gasteiger partial charge in [0.2, 0.25) is 0 Å². The van der Waals surface area contributed by atoms with E-state index in [-0.39, 0.29) is 0 Å². The highest BCUT2D eigenvalue weighted by Gasteiger charge is 2.17. The quantitative estimate of drug-likeness (QED) is 0.524. The Morgan fingerprint density at radius 1 is 0.875 bits per heavy atom. The molecule has 1 atom stereocenters. The third-order valence-electron chi connectivity index (χ3n) is 2.89. The molecule has 0 spiro atoms. The van der Waals surface area contributed by atoms with Crippen molar-refractivity contribution in [3.63, 3.8) is 0 Å². The van der Waals surface area contributed by atoms with Crippen molar-refractivity contribution in [3.8, 4) is 0 Å². The van der Waals surface area contributed by atoms with Gasteiger partial charge in [0.15, 0.2) is 0 Å². The van der Waals surface area contributed by atoms with Crippen LogP contribution < -0.4 is 5.32 Å². The number of hydrogen-bond donors (Lipinski definition) is 1. The maximum atomic E-state index is 12.5. The summed E-state index contributed by atoms with van der Waals surface area (Å²) in [4.78, 5) is 0. The van der Waals surface area contributed by atoms with E-state index in [1.54, 1.807) is 0 Å². The number of halogens is 2. The molecule has 1 nitrogen and oxygen atoms in total. The van der Waals surface area contributed by atoms with Gasteiger partial charge in [-0.25, -0.2) is 8.78 Å². The van der Waals surface area contributed by atoms with E-state index in [0.717, 1.165) is 12.8 Å². The minimum absolute atomic E-state index is 0.597. The molecular weight excluding hydrogens is 208 g/mol. The van der Waals surface area contributed by atoms with E-state index in [2.05, 4.69) is 12.2 Å². The Kier molecular flexibility index (Phi) is 11.2. The summed E-state index contributed by atoms with van der Waals surface area (Å²) in [6.45, 7) is 4.70. The van der Waals surface area contributed by atoms with E-state index in [1.165, 1.54) is 32.1 Å². The zero-order valence-corrected chi connectivity index (χ0v) is 10.8. The van der Waals surface area contributed by atoms with Crippen LogP contribution >= 0.6 is 0 Å². The molecular formula is C13H27F2N. The maximum Gasteiger partial charge on any atom is 0.253 e. The van der Waals surface area contributed by atoms with Crippen molar-refractivity contribution < 1.29 is 8.78 Å². The third-order valence-corrected chi connectivity index (χ3v) is 2.89. The molecule has 0 aliphatic heterocycles. The number of rotatable bonds is 11. The van der Waals surface area contributed by atoms with Gasteiger partial charge < -0.3 is 5.32 Å². The fourth-order valence-electron chi connectivity index (χ4n) is 1.90. The zero-order valence-electron chi connectivity index (χ0n) is 10.8. The predicted octanol–water partition coefficient (Wildman–Crippen LogP) is 4.37. The van der Waals surface area contributed by atoms with Gasteiger partial charge in [-0.1, -0.05) is 58.8 Å². The normalized spacial score (nSPS) is 13.3. The Hall–Kier alpha value is -0.180. The van der Waals surface area contributed by atoms with Crippen LogP contribution in [0, 0.1) is 0 Å². The Balaban J connectivity index is 3.33. The molecule has 98 valence electrons. The number of unbranched alkanes of at least 4 members (excludes halogenated alkanes) is 6. The van der Waals surface area contributed by atoms with E-state index in [4.69, 9.17) is 0 Å². The number of alkyl halides is 2. The van der Waals surface area contributed by atoms with Crippen LogP contribution in [0.3, 0.4) is 0 Å². The molecule has 0 aromatic rings. The summed E-state index contributed by atoms with van der Waals surface area (Å²) < 4.78 is 25.0. The molecule has 0 amide bonds. The maximum absolute atomic E-state index is 12.5. The fourth-order valence-corrected chi connectivity index (χ4v) is 1.90. The summed E-state index contributed by atoms with van der Waals surface area (Å²) >= 11 is 0. The van der Waals surface area contributed by atoms with E-state index in [1.807, 2.05) is 6.92 Å². The van der Waals surface area contributed by atoms with Gasteiger partial charge >= 0.3 is 0 Å². The molecule has 0 saturated carbocycles. The minimum Gasteiger partial charge on any atom is -0.309 e. The molecule has 1 N–H and O–H groups in total. The highest BCUT2D eigenvalue weighted by atomic mass is 19.3. The lowest BCUT2D eigenvalue weighted by atomic mass is 10.1. The molecule has 0 fully saturated rings. The van der Waals surface area contributed by atoms with Crippen molar-refractivity contribution >= 4 is 0 Å². The number of nitrogens with one attached hydrogen (secondary N) is 1. The highest BCUT2D eigenvalue weighted by molar-refractivity contribution is 4.68. The van der Waals surface area contributed by atoms with Gasteiger partial charge in [-0.2, -0.15) is 0 Å². The Morgan fingerprint density at radius 2 is 1.44 bits per heavy atom. The molecule has 0 saturated heterocycles. The van der Waals surface area contributed by atoms with Crippen LogP contribution in [-0.4, -0.2) is 19.0 Å². The van der Waals surface area contributed by atoms with Crippen LogP contribution in [0.5, 0.6) is 0 Å². The van der Waals surface area contributed by atoms with E-state index >= 15 is 0 Å². The second kappa shape index (κ2) is 11.3. The van der Waals surface area contributed by atoms with E-state index in [0.29, 0.717) is 13.0 Å². The SMILES string of the molecule is CCCCCCCCCC(NCC)C(F)F. The molecule has 0 aromatic carbocycles. The lowest BCUT2D eigenvalue weighted by molar-refractivity contribution is 0.0936. The molecule has 0 aliphatic rings. The Morgan fingerprint density at radius 3 is 1.94 bits per heavy atom. The van der Waals surface area contributed by atoms with Gasteiger partial charge in [0.05, 0.1) is 6.04 Å². The van der Waals surface area contributed by atoms with Crippen molar-refractivity contribution in [2.75, 3.05) is 6.54 Å². The molecule has 0 aliphatic carbocycles. The average Bonchev–Trinajstić information content (AvgIpc) is 2.26. The van der Waals surface area contributed by atoms with Crippen LogP contribution in [0.15, 0.2) is 0 Å². The van der Waals surface area contributed by atoms with Crippen LogP contribution in [0.4, 0.5) is 8.78 Å². The number of hydrogen-bond acceptors (Lipinski definition) is 1. The smallest absolute Gasteiger partial charge is 0.253 e. The summed E-state index contributed by atoms with van der Waals surface area (Å²) in [7, 11) is 0. The van der Waals surface area contributed by atoms with Crippen molar-refractivity contribution in [1.82, 2.24) is 5.32 Å². The summed E-state index contributed by atoms with van der Waals surface area (Å²) in [5.74, 6) is 0. The van der Waals surface area contributed by atoms with Gasteiger partial charge in [-0.3, -0.25) is 0 Å². The topological polar surface area (TPSA) is 12.0 Å². The van der Waals surface area contributed by atoms with E-state index in [9.17, 15) is 8.78 Å². The Labute approximate surface area is 99.0 Å². The van der Waals surface area contributed by atoms with Gasteiger partial charge in [0.25, 0.3) is 6.43 Å². The third kappa shape index (κ3) is 9.08. The first-order valence-corrected chi connectivity index (χ1v) is 6.73. The van der Waals surface area contributed by atoms with Gasteiger partial charge in [0.1, 0.15) is 0 Å². The molecule has 1 unspecified atom stereocenters. The summed E-state index contributed by atoms with van der Waals surface area (Å²) in [6, 6.07) is -0.597. The van der Waals surface area contributed by atoms with Crippen molar-refractivity contribution in [1.29, 1.82) is 0 Å².